The van der Waals surface area contributed by atoms with Crippen LogP contribution >= 0.6 is 0 Å². The summed E-state index contributed by atoms with van der Waals surface area (Å²) in [5, 5.41) is 2.78. The van der Waals surface area contributed by atoms with Crippen LogP contribution in [0, 0.1) is 5.82 Å². The van der Waals surface area contributed by atoms with Gasteiger partial charge in [0, 0.05) is 37.9 Å². The average Bonchev–Trinajstić information content (AvgIpc) is 2.68. The predicted molar refractivity (Wildman–Crippen MR) is 100 cm³/mol. The second-order valence-corrected chi connectivity index (χ2v) is 7.07. The second-order valence-electron chi connectivity index (χ2n) is 7.07. The van der Waals surface area contributed by atoms with E-state index in [1.165, 1.54) is 12.1 Å². The lowest BCUT2D eigenvalue weighted by Crippen LogP contribution is -2.48. The fourth-order valence-electron chi connectivity index (χ4n) is 3.71. The summed E-state index contributed by atoms with van der Waals surface area (Å²) < 4.78 is 19.0. The molecule has 27 heavy (non-hydrogen) atoms. The van der Waals surface area contributed by atoms with E-state index < -0.39 is 11.7 Å². The number of rotatable bonds is 5. The van der Waals surface area contributed by atoms with Crippen molar-refractivity contribution in [3.8, 4) is 0 Å². The molecule has 2 fully saturated rings. The Morgan fingerprint density at radius 2 is 2.00 bits per heavy atom. The summed E-state index contributed by atoms with van der Waals surface area (Å²) in [4.78, 5) is 28.3. The van der Waals surface area contributed by atoms with E-state index >= 15 is 0 Å². The number of carbonyl (C=O) groups is 2. The van der Waals surface area contributed by atoms with Gasteiger partial charge in [-0.25, -0.2) is 9.18 Å². The van der Waals surface area contributed by atoms with Crippen molar-refractivity contribution < 1.29 is 18.7 Å². The van der Waals surface area contributed by atoms with E-state index in [2.05, 4.69) is 10.2 Å². The molecule has 3 N–H and O–H groups in total. The number of halogens is 1. The van der Waals surface area contributed by atoms with E-state index in [9.17, 15) is 14.0 Å². The van der Waals surface area contributed by atoms with Crippen molar-refractivity contribution in [2.24, 2.45) is 5.73 Å². The molecule has 148 valence electrons. The first-order valence-electron chi connectivity index (χ1n) is 9.51. The summed E-state index contributed by atoms with van der Waals surface area (Å²) in [5.41, 5.74) is 5.32. The van der Waals surface area contributed by atoms with Crippen LogP contribution < -0.4 is 11.1 Å². The number of anilines is 1. The van der Waals surface area contributed by atoms with Crippen LogP contribution in [-0.4, -0.2) is 67.2 Å². The molecule has 2 heterocycles. The Bertz CT molecular complexity index is 679. The molecular weight excluding hydrogens is 351 g/mol. The number of morpholine rings is 1. The highest BCUT2D eigenvalue weighted by atomic mass is 19.1. The van der Waals surface area contributed by atoms with Crippen LogP contribution in [0.5, 0.6) is 0 Å². The monoisotopic (exact) mass is 378 g/mol. The highest BCUT2D eigenvalue weighted by Gasteiger charge is 2.27. The second kappa shape index (κ2) is 9.14. The van der Waals surface area contributed by atoms with E-state index in [1.54, 1.807) is 0 Å². The van der Waals surface area contributed by atoms with E-state index in [-0.39, 0.29) is 17.6 Å². The number of piperidine rings is 1. The van der Waals surface area contributed by atoms with Gasteiger partial charge in [0.1, 0.15) is 5.82 Å². The molecule has 0 aliphatic carbocycles. The molecular formula is C19H27FN4O3. The zero-order chi connectivity index (χ0) is 19.2. The molecule has 2 aliphatic rings. The molecule has 1 unspecified atom stereocenters. The molecule has 7 nitrogen and oxygen atoms in total. The fourth-order valence-corrected chi connectivity index (χ4v) is 3.71. The number of nitrogens with zero attached hydrogens (tertiary/aromatic N) is 2. The summed E-state index contributed by atoms with van der Waals surface area (Å²) in [6.45, 7) is 5.04. The van der Waals surface area contributed by atoms with Crippen molar-refractivity contribution in [2.45, 2.75) is 31.7 Å². The Kier molecular flexibility index (Phi) is 6.63. The quantitative estimate of drug-likeness (QED) is 0.821. The van der Waals surface area contributed by atoms with Gasteiger partial charge in [-0.2, -0.15) is 0 Å². The SMILES string of the molecule is NC(=O)c1cc(NC(=O)N2CCCCC2CCN2CCOCC2)ccc1F. The predicted octanol–water partition coefficient (Wildman–Crippen LogP) is 2.03. The van der Waals surface area contributed by atoms with Crippen LogP contribution in [0.1, 0.15) is 36.0 Å². The molecule has 0 saturated carbocycles. The number of nitrogens with two attached hydrogens (primary N) is 1. The first-order valence-corrected chi connectivity index (χ1v) is 9.51. The van der Waals surface area contributed by atoms with Gasteiger partial charge < -0.3 is 20.7 Å². The lowest BCUT2D eigenvalue weighted by molar-refractivity contribution is 0.0329. The van der Waals surface area contributed by atoms with E-state index in [4.69, 9.17) is 10.5 Å². The number of likely N-dealkylation sites (tertiary alicyclic amines) is 1. The fraction of sp³-hybridized carbons (Fsp3) is 0.579. The van der Waals surface area contributed by atoms with Crippen molar-refractivity contribution in [2.75, 3.05) is 44.7 Å². The van der Waals surface area contributed by atoms with E-state index in [0.717, 1.165) is 64.6 Å². The van der Waals surface area contributed by atoms with Crippen LogP contribution in [0.15, 0.2) is 18.2 Å². The number of ether oxygens (including phenoxy) is 1. The topological polar surface area (TPSA) is 87.9 Å². The zero-order valence-corrected chi connectivity index (χ0v) is 15.5. The number of carbonyl (C=O) groups excluding carboxylic acids is 2. The minimum Gasteiger partial charge on any atom is -0.379 e. The van der Waals surface area contributed by atoms with Gasteiger partial charge in [0.25, 0.3) is 5.91 Å². The summed E-state index contributed by atoms with van der Waals surface area (Å²) in [6, 6.07) is 3.82. The number of nitrogens with one attached hydrogen (secondary N) is 1. The first-order chi connectivity index (χ1) is 13.0. The van der Waals surface area contributed by atoms with E-state index in [0.29, 0.717) is 12.2 Å². The van der Waals surface area contributed by atoms with Crippen molar-refractivity contribution in [3.05, 3.63) is 29.6 Å². The molecule has 1 atom stereocenters. The van der Waals surface area contributed by atoms with Crippen molar-refractivity contribution in [1.29, 1.82) is 0 Å². The summed E-state index contributed by atoms with van der Waals surface area (Å²) >= 11 is 0. The van der Waals surface area contributed by atoms with Gasteiger partial charge in [-0.05, 0) is 43.9 Å². The maximum Gasteiger partial charge on any atom is 0.322 e. The zero-order valence-electron chi connectivity index (χ0n) is 15.5. The van der Waals surface area contributed by atoms with Crippen molar-refractivity contribution in [1.82, 2.24) is 9.80 Å². The number of amides is 3. The van der Waals surface area contributed by atoms with Gasteiger partial charge in [-0.1, -0.05) is 0 Å². The summed E-state index contributed by atoms with van der Waals surface area (Å²) in [5.74, 6) is -1.55. The molecule has 8 heteroatoms. The van der Waals surface area contributed by atoms with E-state index in [1.807, 2.05) is 4.90 Å². The molecule has 0 bridgehead atoms. The number of primary amides is 1. The first kappa shape index (κ1) is 19.6. The minimum absolute atomic E-state index is 0.178. The standard InChI is InChI=1S/C19H27FN4O3/c20-17-5-4-14(13-16(17)18(21)25)22-19(26)24-7-2-1-3-15(24)6-8-23-9-11-27-12-10-23/h4-5,13,15H,1-3,6-12H2,(H2,21,25)(H,22,26). The molecule has 0 aromatic heterocycles. The van der Waals surface area contributed by atoms with Crippen LogP contribution in [-0.2, 0) is 4.74 Å². The average molecular weight is 378 g/mol. The molecule has 0 spiro atoms. The van der Waals surface area contributed by atoms with Gasteiger partial charge in [-0.3, -0.25) is 9.69 Å². The Labute approximate surface area is 158 Å². The third kappa shape index (κ3) is 5.17. The van der Waals surface area contributed by atoms with Crippen LogP contribution in [0.25, 0.3) is 0 Å². The summed E-state index contributed by atoms with van der Waals surface area (Å²) in [7, 11) is 0. The van der Waals surface area contributed by atoms with Gasteiger partial charge in [-0.15, -0.1) is 0 Å². The smallest absolute Gasteiger partial charge is 0.322 e. The third-order valence-electron chi connectivity index (χ3n) is 5.25. The molecule has 2 saturated heterocycles. The lowest BCUT2D eigenvalue weighted by atomic mass is 9.99. The lowest BCUT2D eigenvalue weighted by Gasteiger charge is -2.37. The maximum atomic E-state index is 13.6. The highest BCUT2D eigenvalue weighted by molar-refractivity contribution is 5.96. The molecule has 1 aromatic rings. The molecule has 3 rings (SSSR count). The van der Waals surface area contributed by atoms with Gasteiger partial charge in [0.2, 0.25) is 0 Å². The minimum atomic E-state index is -0.857. The Balaban J connectivity index is 1.61. The maximum absolute atomic E-state index is 13.6. The number of urea groups is 1. The van der Waals surface area contributed by atoms with Gasteiger partial charge >= 0.3 is 6.03 Å². The van der Waals surface area contributed by atoms with Crippen LogP contribution in [0.4, 0.5) is 14.9 Å². The molecule has 3 amide bonds. The number of benzene rings is 1. The molecule has 1 aromatic carbocycles. The Morgan fingerprint density at radius 1 is 1.22 bits per heavy atom. The Hall–Kier alpha value is -2.19. The van der Waals surface area contributed by atoms with Gasteiger partial charge in [0.05, 0.1) is 18.8 Å². The molecule has 0 radical (unpaired) electrons. The van der Waals surface area contributed by atoms with Crippen LogP contribution in [0.3, 0.4) is 0 Å². The Morgan fingerprint density at radius 3 is 2.74 bits per heavy atom. The highest BCUT2D eigenvalue weighted by Crippen LogP contribution is 2.22. The number of hydrogen-bond donors (Lipinski definition) is 2. The summed E-state index contributed by atoms with van der Waals surface area (Å²) in [6.07, 6.45) is 3.98. The van der Waals surface area contributed by atoms with Gasteiger partial charge in [0.15, 0.2) is 0 Å². The third-order valence-corrected chi connectivity index (χ3v) is 5.25. The molecule has 2 aliphatic heterocycles. The van der Waals surface area contributed by atoms with Crippen molar-refractivity contribution in [3.63, 3.8) is 0 Å². The largest absolute Gasteiger partial charge is 0.379 e. The normalized spacial score (nSPS) is 21.1. The number of hydrogen-bond acceptors (Lipinski definition) is 4. The van der Waals surface area contributed by atoms with Crippen molar-refractivity contribution >= 4 is 17.6 Å². The van der Waals surface area contributed by atoms with Crippen LogP contribution in [0.2, 0.25) is 0 Å².